The van der Waals surface area contributed by atoms with Gasteiger partial charge in [-0.2, -0.15) is 0 Å². The van der Waals surface area contributed by atoms with Gasteiger partial charge in [0.1, 0.15) is 0 Å². The topological polar surface area (TPSA) is 65.5 Å². The first-order chi connectivity index (χ1) is 11.7. The van der Waals surface area contributed by atoms with Crippen LogP contribution in [0.3, 0.4) is 0 Å². The van der Waals surface area contributed by atoms with Crippen LogP contribution < -0.4 is 16.0 Å². The lowest BCUT2D eigenvalue weighted by atomic mass is 9.85. The number of nitrogens with one attached hydrogen (secondary N) is 3. The van der Waals surface area contributed by atoms with Gasteiger partial charge in [0.05, 0.1) is 0 Å². The first-order valence-corrected chi connectivity index (χ1v) is 9.94. The number of aliphatic imine (C=N–C) groups is 1. The van der Waals surface area contributed by atoms with E-state index in [-0.39, 0.29) is 5.91 Å². The number of carbonyl (C=O) groups excluding carboxylic acids is 1. The van der Waals surface area contributed by atoms with Crippen molar-refractivity contribution in [2.45, 2.75) is 89.6 Å². The van der Waals surface area contributed by atoms with Crippen LogP contribution in [0, 0.1) is 5.92 Å². The largest absolute Gasteiger partial charge is 0.356 e. The van der Waals surface area contributed by atoms with E-state index >= 15 is 0 Å². The molecule has 0 bridgehead atoms. The predicted octanol–water partition coefficient (Wildman–Crippen LogP) is 2.96. The van der Waals surface area contributed by atoms with Crippen LogP contribution in [-0.4, -0.2) is 37.5 Å². The number of carbonyl (C=O) groups is 1. The van der Waals surface area contributed by atoms with E-state index < -0.39 is 0 Å². The maximum absolute atomic E-state index is 11.6. The molecule has 2 aliphatic carbocycles. The Bertz CT molecular complexity index is 400. The highest BCUT2D eigenvalue weighted by atomic mass is 16.1. The number of hydrogen-bond donors (Lipinski definition) is 3. The lowest BCUT2D eigenvalue weighted by molar-refractivity contribution is -0.121. The zero-order chi connectivity index (χ0) is 17.2. The summed E-state index contributed by atoms with van der Waals surface area (Å²) in [7, 11) is 1.81. The molecule has 1 amide bonds. The van der Waals surface area contributed by atoms with Crippen LogP contribution in [0.2, 0.25) is 0 Å². The number of hydrogen-bond acceptors (Lipinski definition) is 2. The minimum Gasteiger partial charge on any atom is -0.356 e. The second-order valence-corrected chi connectivity index (χ2v) is 7.57. The molecule has 1 atom stereocenters. The summed E-state index contributed by atoms with van der Waals surface area (Å²) in [6, 6.07) is 0.904. The normalized spacial score (nSPS) is 20.5. The maximum Gasteiger partial charge on any atom is 0.220 e. The van der Waals surface area contributed by atoms with Crippen molar-refractivity contribution in [1.82, 2.24) is 16.0 Å². The van der Waals surface area contributed by atoms with Gasteiger partial charge in [-0.15, -0.1) is 0 Å². The molecular formula is C19H36N4O. The Labute approximate surface area is 147 Å². The zero-order valence-corrected chi connectivity index (χ0v) is 15.6. The highest BCUT2D eigenvalue weighted by Gasteiger charge is 2.22. The van der Waals surface area contributed by atoms with Gasteiger partial charge < -0.3 is 16.0 Å². The molecule has 0 spiro atoms. The van der Waals surface area contributed by atoms with E-state index in [1.807, 2.05) is 7.05 Å². The van der Waals surface area contributed by atoms with Crippen molar-refractivity contribution in [2.75, 3.05) is 13.6 Å². The predicted molar refractivity (Wildman–Crippen MR) is 100 cm³/mol. The van der Waals surface area contributed by atoms with Crippen LogP contribution in [-0.2, 0) is 4.79 Å². The van der Waals surface area contributed by atoms with Crippen LogP contribution in [0.4, 0.5) is 0 Å². The standard InChI is InChI=1S/C19H36N4O/c1-15(10-11-16-7-4-3-5-8-16)22-19(20-2)21-14-6-9-18(24)23-17-12-13-17/h15-17H,3-14H2,1-2H3,(H,23,24)(H2,20,21,22). The fourth-order valence-corrected chi connectivity index (χ4v) is 3.44. The Balaban J connectivity index is 1.52. The number of nitrogens with zero attached hydrogens (tertiary/aromatic N) is 1. The van der Waals surface area contributed by atoms with Gasteiger partial charge >= 0.3 is 0 Å². The van der Waals surface area contributed by atoms with E-state index in [9.17, 15) is 4.79 Å². The van der Waals surface area contributed by atoms with Crippen molar-refractivity contribution in [1.29, 1.82) is 0 Å². The summed E-state index contributed by atoms with van der Waals surface area (Å²) in [5.41, 5.74) is 0. The Hall–Kier alpha value is -1.26. The van der Waals surface area contributed by atoms with E-state index in [1.54, 1.807) is 0 Å². The third kappa shape index (κ3) is 8.02. The second kappa shape index (κ2) is 10.6. The van der Waals surface area contributed by atoms with Crippen LogP contribution in [0.25, 0.3) is 0 Å². The molecule has 2 rings (SSSR count). The molecule has 2 fully saturated rings. The van der Waals surface area contributed by atoms with E-state index in [0.29, 0.717) is 18.5 Å². The molecule has 2 aliphatic rings. The van der Waals surface area contributed by atoms with Crippen molar-refractivity contribution in [3.63, 3.8) is 0 Å². The van der Waals surface area contributed by atoms with E-state index in [0.717, 1.165) is 37.7 Å². The van der Waals surface area contributed by atoms with Gasteiger partial charge in [0.15, 0.2) is 5.96 Å². The first-order valence-electron chi connectivity index (χ1n) is 9.94. The van der Waals surface area contributed by atoms with Crippen LogP contribution in [0.15, 0.2) is 4.99 Å². The summed E-state index contributed by atoms with van der Waals surface area (Å²) in [5, 5.41) is 9.82. The Morgan fingerprint density at radius 2 is 1.92 bits per heavy atom. The van der Waals surface area contributed by atoms with E-state index in [1.165, 1.54) is 44.9 Å². The molecule has 5 nitrogen and oxygen atoms in total. The van der Waals surface area contributed by atoms with Gasteiger partial charge in [0.2, 0.25) is 5.91 Å². The average molecular weight is 337 g/mol. The molecule has 0 radical (unpaired) electrons. The third-order valence-corrected chi connectivity index (χ3v) is 5.15. The molecule has 0 aromatic heterocycles. The average Bonchev–Trinajstić information content (AvgIpc) is 3.40. The molecule has 0 saturated heterocycles. The monoisotopic (exact) mass is 336 g/mol. The Morgan fingerprint density at radius 1 is 1.17 bits per heavy atom. The van der Waals surface area contributed by atoms with E-state index in [2.05, 4.69) is 27.9 Å². The quantitative estimate of drug-likeness (QED) is 0.344. The SMILES string of the molecule is CN=C(NCCCC(=O)NC1CC1)NC(C)CCC1CCCCC1. The number of guanidine groups is 1. The molecule has 24 heavy (non-hydrogen) atoms. The van der Waals surface area contributed by atoms with E-state index in [4.69, 9.17) is 0 Å². The summed E-state index contributed by atoms with van der Waals surface area (Å²) in [4.78, 5) is 15.9. The van der Waals surface area contributed by atoms with Gasteiger partial charge in [-0.25, -0.2) is 0 Å². The molecular weight excluding hydrogens is 300 g/mol. The number of rotatable bonds is 9. The van der Waals surface area contributed by atoms with Crippen LogP contribution in [0.5, 0.6) is 0 Å². The van der Waals surface area contributed by atoms with Gasteiger partial charge in [-0.3, -0.25) is 9.79 Å². The minimum atomic E-state index is 0.183. The summed E-state index contributed by atoms with van der Waals surface area (Å²) in [6.45, 7) is 3.02. The van der Waals surface area contributed by atoms with Gasteiger partial charge in [0, 0.05) is 32.1 Å². The highest BCUT2D eigenvalue weighted by molar-refractivity contribution is 5.80. The van der Waals surface area contributed by atoms with Crippen molar-refractivity contribution in [2.24, 2.45) is 10.9 Å². The third-order valence-electron chi connectivity index (χ3n) is 5.15. The molecule has 0 aromatic rings. The second-order valence-electron chi connectivity index (χ2n) is 7.57. The molecule has 0 heterocycles. The van der Waals surface area contributed by atoms with Crippen LogP contribution in [0.1, 0.15) is 77.6 Å². The fourth-order valence-electron chi connectivity index (χ4n) is 3.44. The van der Waals surface area contributed by atoms with Gasteiger partial charge in [-0.1, -0.05) is 32.1 Å². The smallest absolute Gasteiger partial charge is 0.220 e. The molecule has 138 valence electrons. The Kier molecular flexibility index (Phi) is 8.40. The summed E-state index contributed by atoms with van der Waals surface area (Å²) >= 11 is 0. The number of amides is 1. The molecule has 0 aliphatic heterocycles. The first kappa shape index (κ1) is 19.1. The van der Waals surface area contributed by atoms with Gasteiger partial charge in [-0.05, 0) is 44.9 Å². The van der Waals surface area contributed by atoms with Crippen LogP contribution >= 0.6 is 0 Å². The lowest BCUT2D eigenvalue weighted by Crippen LogP contribution is -2.42. The molecule has 3 N–H and O–H groups in total. The maximum atomic E-state index is 11.6. The highest BCUT2D eigenvalue weighted by Crippen LogP contribution is 2.27. The summed E-state index contributed by atoms with van der Waals surface area (Å²) < 4.78 is 0. The van der Waals surface area contributed by atoms with Crippen molar-refractivity contribution in [3.8, 4) is 0 Å². The van der Waals surface area contributed by atoms with Crippen molar-refractivity contribution >= 4 is 11.9 Å². The lowest BCUT2D eigenvalue weighted by Gasteiger charge is -2.24. The molecule has 0 aromatic carbocycles. The molecule has 2 saturated carbocycles. The van der Waals surface area contributed by atoms with Gasteiger partial charge in [0.25, 0.3) is 0 Å². The Morgan fingerprint density at radius 3 is 2.58 bits per heavy atom. The summed E-state index contributed by atoms with van der Waals surface area (Å²) in [5.74, 6) is 1.97. The minimum absolute atomic E-state index is 0.183. The molecule has 1 unspecified atom stereocenters. The van der Waals surface area contributed by atoms with Crippen molar-refractivity contribution < 1.29 is 4.79 Å². The fraction of sp³-hybridized carbons (Fsp3) is 0.895. The summed E-state index contributed by atoms with van der Waals surface area (Å²) in [6.07, 6.45) is 13.4. The molecule has 5 heteroatoms. The van der Waals surface area contributed by atoms with Crippen molar-refractivity contribution in [3.05, 3.63) is 0 Å². The zero-order valence-electron chi connectivity index (χ0n) is 15.6.